The third kappa shape index (κ3) is 3.82. The number of H-pyrrole nitrogens is 1. The molecule has 0 unspecified atom stereocenters. The fourth-order valence-corrected chi connectivity index (χ4v) is 3.95. The number of nitrogens with two attached hydrogens (primary N) is 1. The van der Waals surface area contributed by atoms with E-state index in [1.54, 1.807) is 12.1 Å². The number of benzene rings is 2. The molecule has 2 heterocycles. The predicted octanol–water partition coefficient (Wildman–Crippen LogP) is 4.78. The molecular formula is C23H20ClN3O3. The summed E-state index contributed by atoms with van der Waals surface area (Å²) in [6.45, 7) is 0. The van der Waals surface area contributed by atoms with E-state index >= 15 is 0 Å². The summed E-state index contributed by atoms with van der Waals surface area (Å²) in [6.07, 6.45) is 0.772. The maximum absolute atomic E-state index is 11.0. The van der Waals surface area contributed by atoms with Gasteiger partial charge in [0.1, 0.15) is 11.6 Å². The number of aromatic hydroxyl groups is 1. The van der Waals surface area contributed by atoms with E-state index in [0.29, 0.717) is 39.6 Å². The molecule has 0 saturated carbocycles. The lowest BCUT2D eigenvalue weighted by Gasteiger charge is -2.12. The summed E-state index contributed by atoms with van der Waals surface area (Å²) in [6, 6.07) is 16.6. The second-order valence-electron chi connectivity index (χ2n) is 7.10. The van der Waals surface area contributed by atoms with Crippen molar-refractivity contribution in [1.82, 2.24) is 9.97 Å². The zero-order valence-corrected chi connectivity index (χ0v) is 16.8. The number of aliphatic carboxylic acids is 1. The second-order valence-corrected chi connectivity index (χ2v) is 7.48. The minimum Gasteiger partial charge on any atom is -0.507 e. The first-order valence-electron chi connectivity index (χ1n) is 9.47. The Hall–Kier alpha value is -3.51. The molecule has 0 aliphatic rings. The van der Waals surface area contributed by atoms with Gasteiger partial charge in [-0.2, -0.15) is 0 Å². The van der Waals surface area contributed by atoms with Crippen LogP contribution in [0.25, 0.3) is 22.3 Å². The number of phenolic OH excluding ortho intramolecular Hbond substituents is 1. The van der Waals surface area contributed by atoms with Crippen LogP contribution in [0.15, 0.2) is 54.6 Å². The Balaban J connectivity index is 1.91. The van der Waals surface area contributed by atoms with E-state index in [1.165, 1.54) is 6.07 Å². The summed E-state index contributed by atoms with van der Waals surface area (Å²) in [5.74, 6) is -0.503. The van der Waals surface area contributed by atoms with Gasteiger partial charge < -0.3 is 20.9 Å². The lowest BCUT2D eigenvalue weighted by atomic mass is 9.97. The van der Waals surface area contributed by atoms with Crippen molar-refractivity contribution in [2.75, 3.05) is 5.73 Å². The molecule has 4 aromatic rings. The second kappa shape index (κ2) is 8.08. The summed E-state index contributed by atoms with van der Waals surface area (Å²) >= 11 is 6.65. The summed E-state index contributed by atoms with van der Waals surface area (Å²) in [4.78, 5) is 18.8. The molecule has 6 nitrogen and oxygen atoms in total. The predicted molar refractivity (Wildman–Crippen MR) is 118 cm³/mol. The van der Waals surface area contributed by atoms with Crippen molar-refractivity contribution >= 4 is 34.4 Å². The molecule has 2 aromatic heterocycles. The fraction of sp³-hybridized carbons (Fsp3) is 0.130. The van der Waals surface area contributed by atoms with Crippen LogP contribution >= 0.6 is 11.6 Å². The number of hydrogen-bond acceptors (Lipinski definition) is 4. The monoisotopic (exact) mass is 421 g/mol. The largest absolute Gasteiger partial charge is 0.507 e. The molecule has 5 N–H and O–H groups in total. The lowest BCUT2D eigenvalue weighted by molar-refractivity contribution is -0.136. The number of aromatic amines is 1. The van der Waals surface area contributed by atoms with Crippen LogP contribution in [-0.2, 0) is 17.6 Å². The number of rotatable bonds is 6. The number of nitrogens with zero attached hydrogens (tertiary/aromatic N) is 1. The number of carboxylic acids is 1. The Morgan fingerprint density at radius 1 is 1.10 bits per heavy atom. The number of hydrogen-bond donors (Lipinski definition) is 4. The van der Waals surface area contributed by atoms with Gasteiger partial charge in [-0.25, -0.2) is 4.98 Å². The highest BCUT2D eigenvalue weighted by molar-refractivity contribution is 6.34. The first-order chi connectivity index (χ1) is 14.4. The van der Waals surface area contributed by atoms with Crippen LogP contribution in [0.2, 0.25) is 5.02 Å². The Bertz CT molecular complexity index is 1240. The minimum atomic E-state index is -0.907. The zero-order valence-electron chi connectivity index (χ0n) is 16.0. The summed E-state index contributed by atoms with van der Waals surface area (Å²) in [5.41, 5.74) is 11.1. The third-order valence-corrected chi connectivity index (χ3v) is 5.48. The van der Waals surface area contributed by atoms with Gasteiger partial charge in [0, 0.05) is 18.4 Å². The Labute approximate surface area is 178 Å². The van der Waals surface area contributed by atoms with Gasteiger partial charge in [0.25, 0.3) is 0 Å². The van der Waals surface area contributed by atoms with Gasteiger partial charge in [-0.1, -0.05) is 48.0 Å². The van der Waals surface area contributed by atoms with Crippen LogP contribution in [0.1, 0.15) is 23.1 Å². The van der Waals surface area contributed by atoms with E-state index in [9.17, 15) is 9.90 Å². The van der Waals surface area contributed by atoms with Crippen molar-refractivity contribution in [3.8, 4) is 17.0 Å². The Morgan fingerprint density at radius 3 is 2.60 bits per heavy atom. The van der Waals surface area contributed by atoms with Crippen LogP contribution in [0, 0.1) is 0 Å². The highest BCUT2D eigenvalue weighted by Crippen LogP contribution is 2.42. The van der Waals surface area contributed by atoms with Gasteiger partial charge >= 0.3 is 5.97 Å². The Morgan fingerprint density at radius 2 is 1.87 bits per heavy atom. The van der Waals surface area contributed by atoms with Crippen LogP contribution in [-0.4, -0.2) is 26.2 Å². The molecule has 0 saturated heterocycles. The molecule has 0 amide bonds. The van der Waals surface area contributed by atoms with Crippen LogP contribution in [0.4, 0.5) is 5.82 Å². The maximum atomic E-state index is 11.0. The van der Waals surface area contributed by atoms with Crippen molar-refractivity contribution in [3.63, 3.8) is 0 Å². The van der Waals surface area contributed by atoms with Crippen molar-refractivity contribution in [3.05, 3.63) is 76.3 Å². The number of fused-ring (bicyclic) bond motifs is 1. The average molecular weight is 422 g/mol. The number of pyridine rings is 1. The van der Waals surface area contributed by atoms with Crippen LogP contribution in [0.5, 0.6) is 5.75 Å². The molecule has 152 valence electrons. The fourth-order valence-electron chi connectivity index (χ4n) is 3.60. The molecule has 4 rings (SSSR count). The van der Waals surface area contributed by atoms with Gasteiger partial charge in [0.2, 0.25) is 0 Å². The summed E-state index contributed by atoms with van der Waals surface area (Å²) < 4.78 is 0. The van der Waals surface area contributed by atoms with Gasteiger partial charge in [0.15, 0.2) is 0 Å². The van der Waals surface area contributed by atoms with Crippen molar-refractivity contribution in [2.45, 2.75) is 19.3 Å². The normalized spacial score (nSPS) is 11.1. The molecule has 0 spiro atoms. The van der Waals surface area contributed by atoms with Crippen molar-refractivity contribution in [1.29, 1.82) is 0 Å². The third-order valence-electron chi connectivity index (χ3n) is 5.05. The van der Waals surface area contributed by atoms with Gasteiger partial charge in [-0.05, 0) is 35.7 Å². The van der Waals surface area contributed by atoms with Gasteiger partial charge in [-0.15, -0.1) is 0 Å². The van der Waals surface area contributed by atoms with Crippen molar-refractivity contribution < 1.29 is 15.0 Å². The van der Waals surface area contributed by atoms with E-state index in [1.807, 2.05) is 36.4 Å². The smallest absolute Gasteiger partial charge is 0.303 e. The average Bonchev–Trinajstić information content (AvgIpc) is 3.05. The highest BCUT2D eigenvalue weighted by atomic mass is 35.5. The number of aryl methyl sites for hydroxylation is 1. The number of halogens is 1. The molecule has 0 fully saturated rings. The quantitative estimate of drug-likeness (QED) is 0.358. The molecule has 0 atom stereocenters. The minimum absolute atomic E-state index is 0.00733. The zero-order chi connectivity index (χ0) is 21.3. The number of nitrogens with one attached hydrogen (secondary N) is 1. The maximum Gasteiger partial charge on any atom is 0.303 e. The summed E-state index contributed by atoms with van der Waals surface area (Å²) in [5, 5.41) is 20.0. The Kier molecular flexibility index (Phi) is 5.33. The molecule has 2 aromatic carbocycles. The van der Waals surface area contributed by atoms with E-state index in [-0.39, 0.29) is 18.6 Å². The topological polar surface area (TPSA) is 112 Å². The highest BCUT2D eigenvalue weighted by Gasteiger charge is 2.22. The SMILES string of the molecule is Nc1ccc2[nH]c(-c3c(O)ccc(CCC(=O)O)c3Cl)c(Cc3ccccc3)c2n1. The van der Waals surface area contributed by atoms with Gasteiger partial charge in [-0.3, -0.25) is 4.79 Å². The summed E-state index contributed by atoms with van der Waals surface area (Å²) in [7, 11) is 0. The molecule has 0 aliphatic carbocycles. The first-order valence-corrected chi connectivity index (χ1v) is 9.85. The van der Waals surface area contributed by atoms with E-state index in [0.717, 1.165) is 16.6 Å². The number of aromatic nitrogens is 2. The number of phenols is 1. The number of anilines is 1. The number of nitrogen functional groups attached to an aromatic ring is 1. The van der Waals surface area contributed by atoms with Crippen molar-refractivity contribution in [2.24, 2.45) is 0 Å². The van der Waals surface area contributed by atoms with Crippen LogP contribution < -0.4 is 5.73 Å². The first kappa shape index (κ1) is 19.8. The molecule has 30 heavy (non-hydrogen) atoms. The number of carboxylic acid groups (broad SMARTS) is 1. The van der Waals surface area contributed by atoms with E-state index < -0.39 is 5.97 Å². The van der Waals surface area contributed by atoms with E-state index in [4.69, 9.17) is 22.4 Å². The molecular weight excluding hydrogens is 402 g/mol. The van der Waals surface area contributed by atoms with Gasteiger partial charge in [0.05, 0.1) is 27.3 Å². The molecule has 0 radical (unpaired) electrons. The number of carbonyl (C=O) groups is 1. The lowest BCUT2D eigenvalue weighted by Crippen LogP contribution is -1.99. The van der Waals surface area contributed by atoms with Crippen LogP contribution in [0.3, 0.4) is 0 Å². The standard InChI is InChI=1S/C23H20ClN3O3/c24-21-14(7-11-19(29)30)6-9-17(28)20(21)23-15(12-13-4-2-1-3-5-13)22-16(26-23)8-10-18(25)27-22/h1-6,8-10,26,28H,7,11-12H2,(H2,25,27)(H,29,30). The molecule has 0 aliphatic heterocycles. The van der Waals surface area contributed by atoms with E-state index in [2.05, 4.69) is 9.97 Å². The molecule has 7 heteroatoms. The molecule has 0 bridgehead atoms.